The Morgan fingerprint density at radius 1 is 1.25 bits per heavy atom. The summed E-state index contributed by atoms with van der Waals surface area (Å²) in [5.41, 5.74) is 2.30. The Bertz CT molecular complexity index is 870. The van der Waals surface area contributed by atoms with Crippen LogP contribution in [0.4, 0.5) is 0 Å². The van der Waals surface area contributed by atoms with E-state index < -0.39 is 6.10 Å². The first-order valence-corrected chi connectivity index (χ1v) is 7.74. The van der Waals surface area contributed by atoms with Gasteiger partial charge in [0.25, 0.3) is 5.91 Å². The molecule has 0 bridgehead atoms. The smallest absolute Gasteiger partial charge is 0.252 e. The molecular weight excluding hydrogens is 304 g/mol. The molecule has 1 amide bonds. The number of hydrogen-bond donors (Lipinski definition) is 2. The van der Waals surface area contributed by atoms with E-state index in [1.54, 1.807) is 25.3 Å². The van der Waals surface area contributed by atoms with Gasteiger partial charge in [0, 0.05) is 36.3 Å². The summed E-state index contributed by atoms with van der Waals surface area (Å²) >= 11 is 0. The van der Waals surface area contributed by atoms with Crippen molar-refractivity contribution in [1.29, 1.82) is 0 Å². The van der Waals surface area contributed by atoms with E-state index in [4.69, 9.17) is 4.74 Å². The summed E-state index contributed by atoms with van der Waals surface area (Å²) in [6.45, 7) is 0.134. The molecule has 0 fully saturated rings. The zero-order valence-corrected chi connectivity index (χ0v) is 13.7. The van der Waals surface area contributed by atoms with E-state index in [1.807, 2.05) is 48.1 Å². The summed E-state index contributed by atoms with van der Waals surface area (Å²) in [5.74, 6) is 0.473. The number of carbonyl (C=O) groups is 1. The van der Waals surface area contributed by atoms with Crippen molar-refractivity contribution < 1.29 is 14.6 Å². The summed E-state index contributed by atoms with van der Waals surface area (Å²) in [7, 11) is 3.52. The standard InChI is InChI=1S/C19H20N2O3/c1-21-10-9-15-16(7-4-8-17(15)21)19(23)20-12-18(22)13-5-3-6-14(11-13)24-2/h3-11,18,22H,12H2,1-2H3,(H,20,23). The highest BCUT2D eigenvalue weighted by Gasteiger charge is 2.14. The number of aliphatic hydroxyl groups excluding tert-OH is 1. The molecule has 0 spiro atoms. The second kappa shape index (κ2) is 6.76. The summed E-state index contributed by atoms with van der Waals surface area (Å²) < 4.78 is 7.12. The van der Waals surface area contributed by atoms with Gasteiger partial charge in [0.1, 0.15) is 5.75 Å². The molecule has 3 rings (SSSR count). The molecule has 1 aromatic heterocycles. The quantitative estimate of drug-likeness (QED) is 0.758. The molecule has 124 valence electrons. The molecular formula is C19H20N2O3. The maximum Gasteiger partial charge on any atom is 0.252 e. The van der Waals surface area contributed by atoms with Crippen molar-refractivity contribution in [2.24, 2.45) is 7.05 Å². The van der Waals surface area contributed by atoms with Crippen molar-refractivity contribution in [2.45, 2.75) is 6.10 Å². The Labute approximate surface area is 140 Å². The predicted molar refractivity (Wildman–Crippen MR) is 93.2 cm³/mol. The molecule has 0 aliphatic rings. The maximum atomic E-state index is 12.5. The average molecular weight is 324 g/mol. The Kier molecular flexibility index (Phi) is 4.53. The summed E-state index contributed by atoms with van der Waals surface area (Å²) in [5, 5.41) is 14.0. The van der Waals surface area contributed by atoms with E-state index in [-0.39, 0.29) is 12.5 Å². The number of aromatic nitrogens is 1. The van der Waals surface area contributed by atoms with E-state index in [2.05, 4.69) is 5.32 Å². The fourth-order valence-corrected chi connectivity index (χ4v) is 2.75. The van der Waals surface area contributed by atoms with Crippen molar-refractivity contribution >= 4 is 16.8 Å². The molecule has 0 saturated carbocycles. The van der Waals surface area contributed by atoms with Crippen LogP contribution in [-0.4, -0.2) is 29.2 Å². The minimum atomic E-state index is -0.793. The molecule has 2 aromatic carbocycles. The van der Waals surface area contributed by atoms with Crippen LogP contribution < -0.4 is 10.1 Å². The number of aryl methyl sites for hydroxylation is 1. The van der Waals surface area contributed by atoms with Crippen molar-refractivity contribution in [1.82, 2.24) is 9.88 Å². The van der Waals surface area contributed by atoms with Gasteiger partial charge in [-0.1, -0.05) is 18.2 Å². The number of nitrogens with one attached hydrogen (secondary N) is 1. The topological polar surface area (TPSA) is 63.5 Å². The SMILES string of the molecule is COc1cccc(C(O)CNC(=O)c2cccc3c2ccn3C)c1. The van der Waals surface area contributed by atoms with E-state index >= 15 is 0 Å². The van der Waals surface area contributed by atoms with Crippen LogP contribution in [-0.2, 0) is 7.05 Å². The molecule has 1 heterocycles. The lowest BCUT2D eigenvalue weighted by Crippen LogP contribution is -2.28. The lowest BCUT2D eigenvalue weighted by molar-refractivity contribution is 0.0918. The molecule has 2 N–H and O–H groups in total. The second-order valence-corrected chi connectivity index (χ2v) is 5.67. The first-order valence-electron chi connectivity index (χ1n) is 7.74. The van der Waals surface area contributed by atoms with Gasteiger partial charge in [-0.05, 0) is 35.9 Å². The Morgan fingerprint density at radius 3 is 2.83 bits per heavy atom. The van der Waals surface area contributed by atoms with Crippen LogP contribution >= 0.6 is 0 Å². The van der Waals surface area contributed by atoms with Gasteiger partial charge in [-0.25, -0.2) is 0 Å². The lowest BCUT2D eigenvalue weighted by atomic mass is 10.1. The van der Waals surface area contributed by atoms with Crippen LogP contribution in [0, 0.1) is 0 Å². The Hall–Kier alpha value is -2.79. The van der Waals surface area contributed by atoms with Crippen LogP contribution in [0.3, 0.4) is 0 Å². The fourth-order valence-electron chi connectivity index (χ4n) is 2.75. The number of aliphatic hydroxyl groups is 1. The number of hydrogen-bond acceptors (Lipinski definition) is 3. The highest BCUT2D eigenvalue weighted by Crippen LogP contribution is 2.21. The second-order valence-electron chi connectivity index (χ2n) is 5.67. The van der Waals surface area contributed by atoms with E-state index in [0.717, 1.165) is 10.9 Å². The molecule has 1 atom stereocenters. The first kappa shape index (κ1) is 16.1. The van der Waals surface area contributed by atoms with E-state index in [9.17, 15) is 9.90 Å². The summed E-state index contributed by atoms with van der Waals surface area (Å²) in [6, 6.07) is 14.7. The molecule has 0 radical (unpaired) electrons. The Balaban J connectivity index is 1.72. The first-order chi connectivity index (χ1) is 11.6. The van der Waals surface area contributed by atoms with Crippen LogP contribution in [0.15, 0.2) is 54.7 Å². The minimum absolute atomic E-state index is 0.134. The average Bonchev–Trinajstić information content (AvgIpc) is 3.00. The number of amides is 1. The number of nitrogens with zero attached hydrogens (tertiary/aromatic N) is 1. The molecule has 0 saturated heterocycles. The molecule has 1 unspecified atom stereocenters. The third-order valence-corrected chi connectivity index (χ3v) is 4.11. The van der Waals surface area contributed by atoms with Gasteiger partial charge in [0.05, 0.1) is 13.2 Å². The molecule has 24 heavy (non-hydrogen) atoms. The largest absolute Gasteiger partial charge is 0.497 e. The number of carbonyl (C=O) groups excluding carboxylic acids is 1. The molecule has 0 aliphatic heterocycles. The van der Waals surface area contributed by atoms with Gasteiger partial charge < -0.3 is 19.7 Å². The van der Waals surface area contributed by atoms with Crippen molar-refractivity contribution in [2.75, 3.05) is 13.7 Å². The zero-order chi connectivity index (χ0) is 17.1. The third-order valence-electron chi connectivity index (χ3n) is 4.11. The molecule has 5 heteroatoms. The number of benzene rings is 2. The van der Waals surface area contributed by atoms with E-state index in [1.165, 1.54) is 0 Å². The number of rotatable bonds is 5. The fraction of sp³-hybridized carbons (Fsp3) is 0.211. The van der Waals surface area contributed by atoms with Gasteiger partial charge in [0.15, 0.2) is 0 Å². The highest BCUT2D eigenvalue weighted by atomic mass is 16.5. The van der Waals surface area contributed by atoms with Crippen LogP contribution in [0.25, 0.3) is 10.9 Å². The Morgan fingerprint density at radius 2 is 2.04 bits per heavy atom. The zero-order valence-electron chi connectivity index (χ0n) is 13.7. The van der Waals surface area contributed by atoms with Crippen molar-refractivity contribution in [3.63, 3.8) is 0 Å². The minimum Gasteiger partial charge on any atom is -0.497 e. The van der Waals surface area contributed by atoms with Gasteiger partial charge >= 0.3 is 0 Å². The van der Waals surface area contributed by atoms with Crippen LogP contribution in [0.5, 0.6) is 5.75 Å². The predicted octanol–water partition coefficient (Wildman–Crippen LogP) is 2.65. The van der Waals surface area contributed by atoms with Gasteiger partial charge in [-0.15, -0.1) is 0 Å². The van der Waals surface area contributed by atoms with Gasteiger partial charge in [-0.3, -0.25) is 4.79 Å². The van der Waals surface area contributed by atoms with Crippen LogP contribution in [0.2, 0.25) is 0 Å². The number of ether oxygens (including phenoxy) is 1. The number of fused-ring (bicyclic) bond motifs is 1. The molecule has 0 aliphatic carbocycles. The van der Waals surface area contributed by atoms with Gasteiger partial charge in [0.2, 0.25) is 0 Å². The molecule has 5 nitrogen and oxygen atoms in total. The van der Waals surface area contributed by atoms with Crippen LogP contribution in [0.1, 0.15) is 22.0 Å². The van der Waals surface area contributed by atoms with E-state index in [0.29, 0.717) is 16.9 Å². The lowest BCUT2D eigenvalue weighted by Gasteiger charge is -2.13. The maximum absolute atomic E-state index is 12.5. The van der Waals surface area contributed by atoms with Gasteiger partial charge in [-0.2, -0.15) is 0 Å². The summed E-state index contributed by atoms with van der Waals surface area (Å²) in [6.07, 6.45) is 1.13. The summed E-state index contributed by atoms with van der Waals surface area (Å²) in [4.78, 5) is 12.5. The monoisotopic (exact) mass is 324 g/mol. The molecule has 3 aromatic rings. The van der Waals surface area contributed by atoms with Crippen molar-refractivity contribution in [3.05, 3.63) is 65.9 Å². The number of methoxy groups -OCH3 is 1. The highest BCUT2D eigenvalue weighted by molar-refractivity contribution is 6.06. The van der Waals surface area contributed by atoms with Crippen molar-refractivity contribution in [3.8, 4) is 5.75 Å². The normalized spacial score (nSPS) is 12.1. The third kappa shape index (κ3) is 3.12.